The maximum absolute atomic E-state index is 9.66. The van der Waals surface area contributed by atoms with Crippen molar-refractivity contribution in [3.8, 4) is 0 Å². The molecule has 1 aliphatic carbocycles. The molecule has 0 heterocycles. The van der Waals surface area contributed by atoms with E-state index in [9.17, 15) is 5.11 Å². The van der Waals surface area contributed by atoms with Gasteiger partial charge in [0.15, 0.2) is 0 Å². The topological polar surface area (TPSA) is 49.7 Å². The molecule has 0 radical (unpaired) electrons. The van der Waals surface area contributed by atoms with Crippen LogP contribution in [0.4, 0.5) is 0 Å². The van der Waals surface area contributed by atoms with Gasteiger partial charge in [0.1, 0.15) is 0 Å². The number of hydrogen-bond acceptors (Lipinski definition) is 3. The van der Waals surface area contributed by atoms with Crippen molar-refractivity contribution in [2.75, 3.05) is 19.8 Å². The van der Waals surface area contributed by atoms with Crippen LogP contribution in [0.3, 0.4) is 0 Å². The second-order valence-corrected chi connectivity index (χ2v) is 5.56. The average Bonchev–Trinajstić information content (AvgIpc) is 2.37. The summed E-state index contributed by atoms with van der Waals surface area (Å²) < 4.78 is 5.69. The van der Waals surface area contributed by atoms with Gasteiger partial charge in [0.25, 0.3) is 0 Å². The highest BCUT2D eigenvalue weighted by Crippen LogP contribution is 2.42. The third-order valence-electron chi connectivity index (χ3n) is 4.46. The standard InChI is InChI=1S/C15H28O3/c1-4-5-13-7-6-11(2)14(10-17)15(13)12(3)18-9-8-16/h4,11-17H,1,5-10H2,2-3H3/t11-,12?,13?,14-,15?/m1/s1. The first-order valence-corrected chi connectivity index (χ1v) is 7.09. The van der Waals surface area contributed by atoms with Crippen LogP contribution in [0.5, 0.6) is 0 Å². The van der Waals surface area contributed by atoms with Gasteiger partial charge >= 0.3 is 0 Å². The molecule has 106 valence electrons. The van der Waals surface area contributed by atoms with Gasteiger partial charge in [-0.25, -0.2) is 0 Å². The van der Waals surface area contributed by atoms with Crippen LogP contribution in [-0.4, -0.2) is 36.1 Å². The predicted molar refractivity (Wildman–Crippen MR) is 73.3 cm³/mol. The van der Waals surface area contributed by atoms with Crippen LogP contribution in [0.15, 0.2) is 12.7 Å². The summed E-state index contributed by atoms with van der Waals surface area (Å²) in [6, 6.07) is 0. The Labute approximate surface area is 111 Å². The van der Waals surface area contributed by atoms with Gasteiger partial charge in [0.2, 0.25) is 0 Å². The van der Waals surface area contributed by atoms with Gasteiger partial charge in [-0.3, -0.25) is 0 Å². The molecule has 3 unspecified atom stereocenters. The maximum Gasteiger partial charge on any atom is 0.0701 e. The first-order valence-electron chi connectivity index (χ1n) is 7.09. The van der Waals surface area contributed by atoms with E-state index in [4.69, 9.17) is 9.84 Å². The van der Waals surface area contributed by atoms with Gasteiger partial charge in [-0.2, -0.15) is 0 Å². The zero-order valence-electron chi connectivity index (χ0n) is 11.7. The molecule has 1 fully saturated rings. The summed E-state index contributed by atoms with van der Waals surface area (Å²) in [4.78, 5) is 0. The molecule has 2 N–H and O–H groups in total. The summed E-state index contributed by atoms with van der Waals surface area (Å²) in [6.45, 7) is 8.79. The predicted octanol–water partition coefficient (Wildman–Crippen LogP) is 2.23. The van der Waals surface area contributed by atoms with Crippen molar-refractivity contribution in [2.24, 2.45) is 23.7 Å². The van der Waals surface area contributed by atoms with Crippen molar-refractivity contribution in [1.82, 2.24) is 0 Å². The van der Waals surface area contributed by atoms with Crippen molar-refractivity contribution < 1.29 is 14.9 Å². The second kappa shape index (κ2) is 7.93. The smallest absolute Gasteiger partial charge is 0.0701 e. The molecular formula is C15H28O3. The molecule has 0 aromatic heterocycles. The van der Waals surface area contributed by atoms with E-state index < -0.39 is 0 Å². The molecule has 18 heavy (non-hydrogen) atoms. The van der Waals surface area contributed by atoms with E-state index in [0.717, 1.165) is 6.42 Å². The Bertz CT molecular complexity index is 242. The van der Waals surface area contributed by atoms with E-state index in [1.807, 2.05) is 6.08 Å². The molecule has 0 bridgehead atoms. The lowest BCUT2D eigenvalue weighted by atomic mass is 9.64. The zero-order valence-corrected chi connectivity index (χ0v) is 11.7. The lowest BCUT2D eigenvalue weighted by molar-refractivity contribution is -0.0689. The largest absolute Gasteiger partial charge is 0.396 e. The van der Waals surface area contributed by atoms with E-state index in [1.165, 1.54) is 12.8 Å². The number of rotatable bonds is 7. The van der Waals surface area contributed by atoms with Crippen molar-refractivity contribution in [2.45, 2.75) is 39.2 Å². The van der Waals surface area contributed by atoms with Crippen molar-refractivity contribution in [3.63, 3.8) is 0 Å². The summed E-state index contributed by atoms with van der Waals surface area (Å²) in [5, 5.41) is 18.5. The molecule has 0 spiro atoms. The fraction of sp³-hybridized carbons (Fsp3) is 0.867. The van der Waals surface area contributed by atoms with E-state index in [-0.39, 0.29) is 19.3 Å². The number of aliphatic hydroxyl groups excluding tert-OH is 2. The van der Waals surface area contributed by atoms with Crippen LogP contribution in [0.25, 0.3) is 0 Å². The summed E-state index contributed by atoms with van der Waals surface area (Å²) in [6.07, 6.45) is 5.40. The first-order chi connectivity index (χ1) is 8.65. The van der Waals surface area contributed by atoms with Gasteiger partial charge in [-0.15, -0.1) is 6.58 Å². The number of aliphatic hydroxyl groups is 2. The Balaban J connectivity index is 2.75. The minimum absolute atomic E-state index is 0.0581. The van der Waals surface area contributed by atoms with Crippen LogP contribution in [0.1, 0.15) is 33.1 Å². The first kappa shape index (κ1) is 15.7. The molecule has 1 saturated carbocycles. The highest BCUT2D eigenvalue weighted by molar-refractivity contribution is 4.91. The van der Waals surface area contributed by atoms with E-state index in [2.05, 4.69) is 20.4 Å². The minimum atomic E-state index is 0.0581. The van der Waals surface area contributed by atoms with Gasteiger partial charge in [-0.1, -0.05) is 19.4 Å². The number of allylic oxidation sites excluding steroid dienone is 1. The summed E-state index contributed by atoms with van der Waals surface area (Å²) in [7, 11) is 0. The number of ether oxygens (including phenoxy) is 1. The number of hydrogen-bond donors (Lipinski definition) is 2. The second-order valence-electron chi connectivity index (χ2n) is 5.56. The Morgan fingerprint density at radius 2 is 2.11 bits per heavy atom. The van der Waals surface area contributed by atoms with E-state index >= 15 is 0 Å². The van der Waals surface area contributed by atoms with Crippen LogP contribution in [0.2, 0.25) is 0 Å². The molecule has 0 aromatic carbocycles. The molecule has 1 rings (SSSR count). The van der Waals surface area contributed by atoms with Gasteiger partial charge in [0.05, 0.1) is 19.3 Å². The van der Waals surface area contributed by atoms with Crippen LogP contribution in [0, 0.1) is 23.7 Å². The summed E-state index contributed by atoms with van der Waals surface area (Å²) in [5.74, 6) is 1.76. The molecule has 3 nitrogen and oxygen atoms in total. The van der Waals surface area contributed by atoms with E-state index in [0.29, 0.717) is 30.3 Å². The third-order valence-corrected chi connectivity index (χ3v) is 4.46. The Morgan fingerprint density at radius 3 is 2.67 bits per heavy atom. The highest BCUT2D eigenvalue weighted by atomic mass is 16.5. The maximum atomic E-state index is 9.66. The van der Waals surface area contributed by atoms with Gasteiger partial charge in [0, 0.05) is 6.61 Å². The van der Waals surface area contributed by atoms with Crippen LogP contribution < -0.4 is 0 Å². The van der Waals surface area contributed by atoms with Crippen molar-refractivity contribution >= 4 is 0 Å². The molecule has 3 heteroatoms. The summed E-state index contributed by atoms with van der Waals surface area (Å²) in [5.41, 5.74) is 0. The Morgan fingerprint density at radius 1 is 1.39 bits per heavy atom. The molecular weight excluding hydrogens is 228 g/mol. The summed E-state index contributed by atoms with van der Waals surface area (Å²) >= 11 is 0. The fourth-order valence-electron chi connectivity index (χ4n) is 3.48. The van der Waals surface area contributed by atoms with Crippen LogP contribution >= 0.6 is 0 Å². The fourth-order valence-corrected chi connectivity index (χ4v) is 3.48. The molecule has 0 aliphatic heterocycles. The SMILES string of the molecule is C=CCC1CC[C@@H](C)[C@@H](CO)C1C(C)OCCO. The average molecular weight is 256 g/mol. The zero-order chi connectivity index (χ0) is 13.5. The quantitative estimate of drug-likeness (QED) is 0.687. The van der Waals surface area contributed by atoms with Crippen molar-refractivity contribution in [3.05, 3.63) is 12.7 Å². The van der Waals surface area contributed by atoms with E-state index in [1.54, 1.807) is 0 Å². The van der Waals surface area contributed by atoms with Crippen LogP contribution in [-0.2, 0) is 4.74 Å². The van der Waals surface area contributed by atoms with Crippen molar-refractivity contribution in [1.29, 1.82) is 0 Å². The Hall–Kier alpha value is -0.380. The normalized spacial score (nSPS) is 34.2. The lowest BCUT2D eigenvalue weighted by Crippen LogP contribution is -2.42. The molecule has 1 aliphatic rings. The van der Waals surface area contributed by atoms with Gasteiger partial charge in [-0.05, 0) is 43.4 Å². The third kappa shape index (κ3) is 3.81. The Kier molecular flexibility index (Phi) is 6.90. The molecule has 5 atom stereocenters. The highest BCUT2D eigenvalue weighted by Gasteiger charge is 2.39. The monoisotopic (exact) mass is 256 g/mol. The van der Waals surface area contributed by atoms with Gasteiger partial charge < -0.3 is 14.9 Å². The molecule has 0 amide bonds. The minimum Gasteiger partial charge on any atom is -0.396 e. The molecule has 0 saturated heterocycles. The lowest BCUT2D eigenvalue weighted by Gasteiger charge is -2.44. The molecule has 0 aromatic rings.